The Morgan fingerprint density at radius 2 is 1.93 bits per heavy atom. The highest BCUT2D eigenvalue weighted by Gasteiger charge is 2.36. The van der Waals surface area contributed by atoms with E-state index in [4.69, 9.17) is 17.2 Å². The van der Waals surface area contributed by atoms with Gasteiger partial charge in [0.05, 0.1) is 18.2 Å². The van der Waals surface area contributed by atoms with Crippen LogP contribution in [0.15, 0.2) is 0 Å². The molecule has 0 saturated heterocycles. The van der Waals surface area contributed by atoms with Crippen LogP contribution in [0.3, 0.4) is 0 Å². The van der Waals surface area contributed by atoms with Crippen LogP contribution in [-0.2, 0) is 0 Å². The molecule has 0 rings (SSSR count). The van der Waals surface area contributed by atoms with Gasteiger partial charge in [-0.05, 0) is 6.42 Å². The fourth-order valence-electron chi connectivity index (χ4n) is 1.39. The van der Waals surface area contributed by atoms with Crippen LogP contribution < -0.4 is 17.2 Å². The lowest BCUT2D eigenvalue weighted by molar-refractivity contribution is -0.502. The molecule has 0 aromatic heterocycles. The van der Waals surface area contributed by atoms with Crippen LogP contribution in [0.4, 0.5) is 0 Å². The van der Waals surface area contributed by atoms with Crippen molar-refractivity contribution in [1.82, 2.24) is 0 Å². The summed E-state index contributed by atoms with van der Waals surface area (Å²) in [6, 6.07) is -1.99. The molecule has 2 unspecified atom stereocenters. The maximum atomic E-state index is 11.2. The van der Waals surface area contributed by atoms with E-state index in [-0.39, 0.29) is 0 Å². The van der Waals surface area contributed by atoms with Crippen molar-refractivity contribution < 1.29 is 9.85 Å². The zero-order valence-corrected chi connectivity index (χ0v) is 10.1. The van der Waals surface area contributed by atoms with E-state index < -0.39 is 30.0 Å². The maximum Gasteiger partial charge on any atom is 0.195 e. The lowest BCUT2D eigenvalue weighted by atomic mass is 9.95. The Kier molecular flexibility index (Phi) is 6.24. The largest absolute Gasteiger partial charge is 0.624 e. The molecule has 0 spiro atoms. The molecule has 0 aliphatic heterocycles. The molecule has 0 heterocycles. The quantitative estimate of drug-likeness (QED) is 0.142. The van der Waals surface area contributed by atoms with E-state index >= 15 is 0 Å². The predicted octanol–water partition coefficient (Wildman–Crippen LogP) is -1.85. The molecule has 0 radical (unpaired) electrons. The Labute approximate surface area is 92.3 Å². The molecule has 0 saturated carbocycles. The summed E-state index contributed by atoms with van der Waals surface area (Å²) >= 11 is 0. The summed E-state index contributed by atoms with van der Waals surface area (Å²) in [6.45, 7) is 5.06. The van der Waals surface area contributed by atoms with Crippen LogP contribution in [0.1, 0.15) is 13.3 Å². The Balaban J connectivity index is 4.69. The van der Waals surface area contributed by atoms with Crippen molar-refractivity contribution in [2.24, 2.45) is 17.2 Å². The zero-order chi connectivity index (χ0) is 12.2. The first-order chi connectivity index (χ1) is 6.82. The summed E-state index contributed by atoms with van der Waals surface area (Å²) in [6.07, 6.45) is -0.429. The first kappa shape index (κ1) is 14.7. The van der Waals surface area contributed by atoms with Gasteiger partial charge in [-0.1, -0.05) is 6.92 Å². The summed E-state index contributed by atoms with van der Waals surface area (Å²) in [5.41, 5.74) is 16.9. The third-order valence-electron chi connectivity index (χ3n) is 2.43. The topological polar surface area (TPSA) is 124 Å². The molecular formula is C8H21N4O2P. The molecule has 6 atom stereocenters. The van der Waals surface area contributed by atoms with Gasteiger partial charge in [-0.2, -0.15) is 0 Å². The van der Waals surface area contributed by atoms with Gasteiger partial charge < -0.3 is 27.5 Å². The third-order valence-corrected chi connectivity index (χ3v) is 2.82. The van der Waals surface area contributed by atoms with E-state index in [1.807, 2.05) is 6.92 Å². The fourth-order valence-corrected chi connectivity index (χ4v) is 1.65. The summed E-state index contributed by atoms with van der Waals surface area (Å²) < 4.78 is 0.440. The number of nitrogens with two attached hydrogens (primary N) is 3. The van der Waals surface area contributed by atoms with E-state index in [2.05, 4.69) is 16.0 Å². The van der Waals surface area contributed by atoms with Crippen molar-refractivity contribution in [3.63, 3.8) is 0 Å². The Hall–Kier alpha value is -0.260. The normalized spacial score (nSPS) is 21.5. The standard InChI is InChI=1S/C8H21N4O2P/c1-3-4(9)6(12(2)14)5(10)7(13)8(11)15/h4-8,13H,2-3,9-11,15H2,1H3/t4-,5-,6?,7+,8-/m0/s1. The predicted molar refractivity (Wildman–Crippen MR) is 64.5 cm³/mol. The average Bonchev–Trinajstić information content (AvgIpc) is 2.15. The Bertz CT molecular complexity index is 215. The molecule has 6 nitrogen and oxygen atoms in total. The molecule has 15 heavy (non-hydrogen) atoms. The molecule has 0 aromatic carbocycles. The monoisotopic (exact) mass is 236 g/mol. The van der Waals surface area contributed by atoms with E-state index in [1.165, 1.54) is 0 Å². The minimum atomic E-state index is -1.00. The van der Waals surface area contributed by atoms with Crippen LogP contribution in [0.5, 0.6) is 0 Å². The second-order valence-electron chi connectivity index (χ2n) is 3.63. The molecule has 0 aromatic rings. The molecule has 0 amide bonds. The zero-order valence-electron chi connectivity index (χ0n) is 8.91. The molecule has 0 aliphatic carbocycles. The van der Waals surface area contributed by atoms with Gasteiger partial charge in [0.15, 0.2) is 6.04 Å². The molecule has 0 fully saturated rings. The maximum absolute atomic E-state index is 11.2. The van der Waals surface area contributed by atoms with Crippen molar-refractivity contribution in [3.05, 3.63) is 5.21 Å². The number of rotatable bonds is 6. The molecule has 0 aliphatic rings. The minimum absolute atomic E-state index is 0.437. The number of hydrogen-bond acceptors (Lipinski definition) is 5. The van der Waals surface area contributed by atoms with Crippen molar-refractivity contribution in [2.75, 3.05) is 0 Å². The van der Waals surface area contributed by atoms with Crippen molar-refractivity contribution in [2.45, 2.75) is 43.4 Å². The second-order valence-corrected chi connectivity index (χ2v) is 4.39. The number of nitrogens with zero attached hydrogens (tertiary/aromatic N) is 1. The first-order valence-corrected chi connectivity index (χ1v) is 5.46. The van der Waals surface area contributed by atoms with Crippen LogP contribution in [0.2, 0.25) is 0 Å². The summed E-state index contributed by atoms with van der Waals surface area (Å²) in [5, 5.41) is 20.8. The first-order valence-electron chi connectivity index (χ1n) is 4.80. The summed E-state index contributed by atoms with van der Waals surface area (Å²) in [5.74, 6) is -0.591. The highest BCUT2D eigenvalue weighted by molar-refractivity contribution is 7.17. The Morgan fingerprint density at radius 1 is 1.47 bits per heavy atom. The van der Waals surface area contributed by atoms with Gasteiger partial charge in [-0.3, -0.25) is 0 Å². The smallest absolute Gasteiger partial charge is 0.195 e. The van der Waals surface area contributed by atoms with Gasteiger partial charge in [0.25, 0.3) is 0 Å². The van der Waals surface area contributed by atoms with E-state index in [0.717, 1.165) is 0 Å². The third kappa shape index (κ3) is 4.01. The number of aliphatic hydroxyl groups is 1. The minimum Gasteiger partial charge on any atom is -0.624 e. The van der Waals surface area contributed by atoms with Crippen molar-refractivity contribution in [3.8, 4) is 0 Å². The number of hydroxylamine groups is 1. The lowest BCUT2D eigenvalue weighted by Crippen LogP contribution is -2.59. The van der Waals surface area contributed by atoms with Gasteiger partial charge in [0.1, 0.15) is 6.72 Å². The molecular weight excluding hydrogens is 215 g/mol. The molecule has 7 heteroatoms. The highest BCUT2D eigenvalue weighted by Crippen LogP contribution is 2.11. The average molecular weight is 236 g/mol. The Morgan fingerprint density at radius 3 is 2.20 bits per heavy atom. The SMILES string of the molecule is C=[N+]([O-])C([C@@H](N)CC)[C@H](N)[C@@H](O)[C@@H](N)P. The van der Waals surface area contributed by atoms with Gasteiger partial charge in [-0.25, -0.2) is 4.74 Å². The van der Waals surface area contributed by atoms with Crippen LogP contribution in [0, 0.1) is 5.21 Å². The second kappa shape index (κ2) is 6.35. The van der Waals surface area contributed by atoms with E-state index in [0.29, 0.717) is 11.2 Å². The lowest BCUT2D eigenvalue weighted by Gasteiger charge is -2.30. The molecule has 7 N–H and O–H groups in total. The van der Waals surface area contributed by atoms with Crippen molar-refractivity contribution >= 4 is 16.0 Å². The summed E-state index contributed by atoms with van der Waals surface area (Å²) in [4.78, 5) is 0. The van der Waals surface area contributed by atoms with E-state index in [1.54, 1.807) is 0 Å². The highest BCUT2D eigenvalue weighted by atomic mass is 31.0. The van der Waals surface area contributed by atoms with Crippen LogP contribution in [-0.4, -0.2) is 46.6 Å². The number of hydrogen-bond donors (Lipinski definition) is 4. The molecule has 90 valence electrons. The number of aliphatic hydroxyl groups excluding tert-OH is 1. The van der Waals surface area contributed by atoms with Gasteiger partial charge in [-0.15, -0.1) is 9.24 Å². The van der Waals surface area contributed by atoms with Gasteiger partial charge in [0.2, 0.25) is 0 Å². The van der Waals surface area contributed by atoms with Crippen LogP contribution >= 0.6 is 9.24 Å². The fraction of sp³-hybridized carbons (Fsp3) is 0.875. The van der Waals surface area contributed by atoms with Gasteiger partial charge in [0, 0.05) is 5.78 Å². The molecule has 0 bridgehead atoms. The van der Waals surface area contributed by atoms with Crippen molar-refractivity contribution in [1.29, 1.82) is 0 Å². The van der Waals surface area contributed by atoms with E-state index in [9.17, 15) is 10.3 Å². The van der Waals surface area contributed by atoms with Gasteiger partial charge >= 0.3 is 0 Å². The van der Waals surface area contributed by atoms with Crippen LogP contribution in [0.25, 0.3) is 0 Å². The summed E-state index contributed by atoms with van der Waals surface area (Å²) in [7, 11) is 2.23.